The van der Waals surface area contributed by atoms with Crippen molar-refractivity contribution in [2.45, 2.75) is 63.4 Å². The third-order valence-corrected chi connectivity index (χ3v) is 4.95. The molecule has 29 heavy (non-hydrogen) atoms. The van der Waals surface area contributed by atoms with Gasteiger partial charge in [-0.2, -0.15) is 0 Å². The Balaban J connectivity index is 2.09. The van der Waals surface area contributed by atoms with Gasteiger partial charge in [-0.3, -0.25) is 23.9 Å². The second-order valence-corrected chi connectivity index (χ2v) is 6.90. The van der Waals surface area contributed by atoms with E-state index in [1.807, 2.05) is 0 Å². The number of rotatable bonds is 7. The number of hydrogen-bond donors (Lipinski definition) is 2. The monoisotopic (exact) mass is 412 g/mol. The molecular formula is C18H24N2O9. The van der Waals surface area contributed by atoms with Crippen molar-refractivity contribution in [2.75, 3.05) is 13.2 Å². The zero-order valence-corrected chi connectivity index (χ0v) is 16.2. The van der Waals surface area contributed by atoms with E-state index in [-0.39, 0.29) is 13.0 Å². The number of ether oxygens (including phenoxy) is 4. The summed E-state index contributed by atoms with van der Waals surface area (Å²) in [5.74, 6) is -1.16. The maximum atomic E-state index is 13.1. The van der Waals surface area contributed by atoms with Crippen LogP contribution in [-0.4, -0.2) is 64.2 Å². The van der Waals surface area contributed by atoms with Crippen LogP contribution in [0.4, 0.5) is 0 Å². The lowest BCUT2D eigenvalue weighted by Gasteiger charge is -2.35. The molecule has 11 heteroatoms. The van der Waals surface area contributed by atoms with Gasteiger partial charge in [-0.1, -0.05) is 6.92 Å². The molecule has 11 nitrogen and oxygen atoms in total. The molecule has 0 radical (unpaired) electrons. The number of nitrogens with zero attached hydrogens (tertiary/aromatic N) is 1. The van der Waals surface area contributed by atoms with Crippen molar-refractivity contribution in [3.8, 4) is 0 Å². The topological polar surface area (TPSA) is 146 Å². The van der Waals surface area contributed by atoms with Gasteiger partial charge in [-0.05, 0) is 6.42 Å². The van der Waals surface area contributed by atoms with E-state index in [1.165, 1.54) is 6.92 Å². The van der Waals surface area contributed by atoms with Gasteiger partial charge in [-0.15, -0.1) is 0 Å². The molecule has 1 aromatic heterocycles. The Morgan fingerprint density at radius 3 is 2.76 bits per heavy atom. The first-order chi connectivity index (χ1) is 13.8. The molecule has 2 saturated heterocycles. The quantitative estimate of drug-likeness (QED) is 0.539. The highest BCUT2D eigenvalue weighted by atomic mass is 16.7. The lowest BCUT2D eigenvalue weighted by atomic mass is 9.96. The molecule has 3 heterocycles. The summed E-state index contributed by atoms with van der Waals surface area (Å²) < 4.78 is 23.1. The fraction of sp³-hybridized carbons (Fsp3) is 0.667. The molecule has 0 spiro atoms. The molecule has 2 N–H and O–H groups in total. The number of esters is 1. The maximum Gasteiger partial charge on any atom is 0.331 e. The first-order valence-corrected chi connectivity index (χ1v) is 9.41. The molecule has 0 aromatic carbocycles. The first kappa shape index (κ1) is 21.4. The summed E-state index contributed by atoms with van der Waals surface area (Å²) in [5, 5.41) is 10.9. The van der Waals surface area contributed by atoms with Crippen LogP contribution in [0.3, 0.4) is 0 Å². The molecule has 0 amide bonds. The highest BCUT2D eigenvalue weighted by Crippen LogP contribution is 2.40. The Hall–Kier alpha value is -2.34. The minimum absolute atomic E-state index is 0.0516. The lowest BCUT2D eigenvalue weighted by molar-refractivity contribution is -0.219. The third-order valence-electron chi connectivity index (χ3n) is 4.95. The van der Waals surface area contributed by atoms with E-state index in [0.29, 0.717) is 13.0 Å². The number of aliphatic hydroxyl groups is 1. The highest BCUT2D eigenvalue weighted by molar-refractivity contribution is 5.86. The van der Waals surface area contributed by atoms with Gasteiger partial charge in [0.05, 0.1) is 0 Å². The molecule has 3 rings (SSSR count). The number of ketones is 1. The molecule has 0 bridgehead atoms. The minimum Gasteiger partial charge on any atom is -0.463 e. The molecule has 2 aliphatic rings. The van der Waals surface area contributed by atoms with Crippen LogP contribution in [0.25, 0.3) is 0 Å². The second kappa shape index (κ2) is 8.57. The maximum absolute atomic E-state index is 13.1. The minimum atomic E-state index is -2.06. The Kier molecular flexibility index (Phi) is 6.32. The second-order valence-electron chi connectivity index (χ2n) is 6.90. The average Bonchev–Trinajstić information content (AvgIpc) is 3.28. The fourth-order valence-electron chi connectivity index (χ4n) is 3.60. The van der Waals surface area contributed by atoms with Crippen molar-refractivity contribution in [3.63, 3.8) is 0 Å². The van der Waals surface area contributed by atoms with Crippen molar-refractivity contribution < 1.29 is 33.6 Å². The molecule has 5 atom stereocenters. The summed E-state index contributed by atoms with van der Waals surface area (Å²) in [6.07, 6.45) is -2.25. The zero-order valence-electron chi connectivity index (χ0n) is 16.2. The third kappa shape index (κ3) is 4.04. The van der Waals surface area contributed by atoms with Crippen LogP contribution >= 0.6 is 0 Å². The lowest BCUT2D eigenvalue weighted by Crippen LogP contribution is -2.58. The van der Waals surface area contributed by atoms with Crippen LogP contribution in [-0.2, 0) is 34.3 Å². The van der Waals surface area contributed by atoms with Crippen molar-refractivity contribution in [2.24, 2.45) is 0 Å². The summed E-state index contributed by atoms with van der Waals surface area (Å²) in [7, 11) is 0. The summed E-state index contributed by atoms with van der Waals surface area (Å²) in [6, 6.07) is 1.06. The van der Waals surface area contributed by atoms with Crippen LogP contribution in [0, 0.1) is 0 Å². The predicted molar refractivity (Wildman–Crippen MR) is 96.0 cm³/mol. The van der Waals surface area contributed by atoms with E-state index in [0.717, 1.165) is 23.3 Å². The number of aromatic amines is 1. The first-order valence-electron chi connectivity index (χ1n) is 9.41. The Labute approximate surface area is 165 Å². The summed E-state index contributed by atoms with van der Waals surface area (Å²) in [4.78, 5) is 50.4. The number of hydrogen-bond acceptors (Lipinski definition) is 9. The van der Waals surface area contributed by atoms with E-state index in [1.54, 1.807) is 6.92 Å². The van der Waals surface area contributed by atoms with Gasteiger partial charge < -0.3 is 24.1 Å². The van der Waals surface area contributed by atoms with Crippen LogP contribution in [0.5, 0.6) is 0 Å². The van der Waals surface area contributed by atoms with Crippen LogP contribution in [0.2, 0.25) is 0 Å². The summed E-state index contributed by atoms with van der Waals surface area (Å²) >= 11 is 0. The van der Waals surface area contributed by atoms with Crippen molar-refractivity contribution >= 4 is 11.8 Å². The Bertz CT molecular complexity index is 873. The molecule has 0 saturated carbocycles. The summed E-state index contributed by atoms with van der Waals surface area (Å²) in [5.41, 5.74) is -3.62. The van der Waals surface area contributed by atoms with Crippen LogP contribution < -0.4 is 11.2 Å². The standard InChI is InChI=1S/C18H24N2O9/c1-3-12(22)18(20-7-6-13(23)19-17(20)25)16(28-14-5-4-8-26-14)15(24)11(29-18)9-27-10(2)21/h6-7,11,14-16,24H,3-5,8-9H2,1-2H3,(H,19,23,25)/t11-,14?,15-,16-,18-/m1/s1. The van der Waals surface area contributed by atoms with Gasteiger partial charge in [0.25, 0.3) is 5.56 Å². The number of carbonyl (C=O) groups is 2. The Morgan fingerprint density at radius 2 is 2.17 bits per heavy atom. The molecule has 1 unspecified atom stereocenters. The van der Waals surface area contributed by atoms with Gasteiger partial charge in [0.2, 0.25) is 5.72 Å². The molecule has 160 valence electrons. The number of Topliss-reactive ketones (excluding diaryl/α,β-unsaturated/α-hetero) is 1. The fourth-order valence-corrected chi connectivity index (χ4v) is 3.60. The van der Waals surface area contributed by atoms with Gasteiger partial charge in [0.1, 0.15) is 24.9 Å². The predicted octanol–water partition coefficient (Wildman–Crippen LogP) is -0.987. The van der Waals surface area contributed by atoms with Crippen molar-refractivity contribution in [1.82, 2.24) is 9.55 Å². The normalized spacial score (nSPS) is 31.7. The number of aliphatic hydroxyl groups excluding tert-OH is 1. The van der Waals surface area contributed by atoms with E-state index in [2.05, 4.69) is 4.98 Å². The molecule has 0 aliphatic carbocycles. The molecule has 1 aromatic rings. The SMILES string of the molecule is CCC(=O)[C@@]1(n2ccc(=O)[nH]c2=O)O[C@H](COC(C)=O)[C@@H](O)[C@H]1OC1CCCO1. The van der Waals surface area contributed by atoms with Crippen molar-refractivity contribution in [3.05, 3.63) is 33.1 Å². The zero-order chi connectivity index (χ0) is 21.2. The van der Waals surface area contributed by atoms with Crippen LogP contribution in [0.15, 0.2) is 21.9 Å². The van der Waals surface area contributed by atoms with E-state index in [9.17, 15) is 24.3 Å². The summed E-state index contributed by atoms with van der Waals surface area (Å²) in [6.45, 7) is 2.87. The highest BCUT2D eigenvalue weighted by Gasteiger charge is 2.62. The number of aromatic nitrogens is 2. The van der Waals surface area contributed by atoms with Gasteiger partial charge in [-0.25, -0.2) is 4.79 Å². The van der Waals surface area contributed by atoms with E-state index >= 15 is 0 Å². The van der Waals surface area contributed by atoms with Gasteiger partial charge in [0.15, 0.2) is 12.1 Å². The van der Waals surface area contributed by atoms with Gasteiger partial charge >= 0.3 is 11.7 Å². The number of carbonyl (C=O) groups excluding carboxylic acids is 2. The average molecular weight is 412 g/mol. The van der Waals surface area contributed by atoms with E-state index in [4.69, 9.17) is 18.9 Å². The largest absolute Gasteiger partial charge is 0.463 e. The Morgan fingerprint density at radius 1 is 1.41 bits per heavy atom. The smallest absolute Gasteiger partial charge is 0.331 e. The molecular weight excluding hydrogens is 388 g/mol. The number of nitrogens with one attached hydrogen (secondary N) is 1. The molecule has 2 aliphatic heterocycles. The van der Waals surface area contributed by atoms with E-state index < -0.39 is 53.3 Å². The van der Waals surface area contributed by atoms with Crippen molar-refractivity contribution in [1.29, 1.82) is 0 Å². The van der Waals surface area contributed by atoms with Crippen LogP contribution in [0.1, 0.15) is 33.1 Å². The van der Waals surface area contributed by atoms with Gasteiger partial charge in [0, 0.05) is 38.6 Å². The molecule has 2 fully saturated rings. The number of H-pyrrole nitrogens is 1.